The van der Waals surface area contributed by atoms with Crippen molar-refractivity contribution in [2.24, 2.45) is 11.8 Å². The van der Waals surface area contributed by atoms with Crippen molar-refractivity contribution in [1.29, 1.82) is 0 Å². The van der Waals surface area contributed by atoms with Crippen molar-refractivity contribution in [3.63, 3.8) is 0 Å². The number of benzene rings is 2. The predicted octanol–water partition coefficient (Wildman–Crippen LogP) is 4.74. The average molecular weight is 471 g/mol. The number of hydrogen-bond acceptors (Lipinski definition) is 4. The molecule has 0 aromatic heterocycles. The van der Waals surface area contributed by atoms with E-state index in [1.807, 2.05) is 6.07 Å². The summed E-state index contributed by atoms with van der Waals surface area (Å²) >= 11 is 0. The van der Waals surface area contributed by atoms with E-state index < -0.39 is 0 Å². The number of aryl methyl sites for hydroxylation is 1. The van der Waals surface area contributed by atoms with Gasteiger partial charge in [-0.3, -0.25) is 9.59 Å². The number of hydrogen-bond donors (Lipinski definition) is 1. The molecular formula is C27H35FN2O4. The minimum atomic E-state index is -0.273. The summed E-state index contributed by atoms with van der Waals surface area (Å²) in [5, 5.41) is 2.90. The van der Waals surface area contributed by atoms with E-state index in [2.05, 4.69) is 19.2 Å². The number of nitrogens with one attached hydrogen (secondary N) is 1. The highest BCUT2D eigenvalue weighted by Gasteiger charge is 2.28. The first kappa shape index (κ1) is 25.5. The number of ether oxygens (including phenoxy) is 2. The molecule has 6 nitrogen and oxygen atoms in total. The molecule has 3 rings (SSSR count). The Morgan fingerprint density at radius 1 is 1.12 bits per heavy atom. The minimum Gasteiger partial charge on any atom is -0.493 e. The van der Waals surface area contributed by atoms with Gasteiger partial charge in [-0.2, -0.15) is 0 Å². The second kappa shape index (κ2) is 11.9. The van der Waals surface area contributed by atoms with Crippen molar-refractivity contribution < 1.29 is 23.5 Å². The van der Waals surface area contributed by atoms with Gasteiger partial charge in [-0.05, 0) is 67.5 Å². The van der Waals surface area contributed by atoms with Gasteiger partial charge < -0.3 is 19.7 Å². The van der Waals surface area contributed by atoms with Crippen molar-refractivity contribution in [3.8, 4) is 11.5 Å². The molecule has 0 saturated carbocycles. The molecule has 0 atom stereocenters. The number of rotatable bonds is 9. The quantitative estimate of drug-likeness (QED) is 0.575. The fourth-order valence-electron chi connectivity index (χ4n) is 3.93. The first-order chi connectivity index (χ1) is 16.3. The number of nitrogens with zero attached hydrogens (tertiary/aromatic N) is 1. The van der Waals surface area contributed by atoms with Crippen LogP contribution in [0.1, 0.15) is 54.6 Å². The van der Waals surface area contributed by atoms with Crippen molar-refractivity contribution in [1.82, 2.24) is 10.2 Å². The van der Waals surface area contributed by atoms with Crippen LogP contribution in [0.3, 0.4) is 0 Å². The number of amides is 2. The molecule has 7 heteroatoms. The van der Waals surface area contributed by atoms with Gasteiger partial charge in [0.15, 0.2) is 11.5 Å². The number of methoxy groups -OCH3 is 1. The van der Waals surface area contributed by atoms with Gasteiger partial charge in [0.05, 0.1) is 13.7 Å². The molecule has 1 aliphatic rings. The summed E-state index contributed by atoms with van der Waals surface area (Å²) < 4.78 is 25.0. The Labute approximate surface area is 201 Å². The highest BCUT2D eigenvalue weighted by atomic mass is 19.1. The van der Waals surface area contributed by atoms with E-state index in [0.717, 1.165) is 12.0 Å². The molecule has 0 radical (unpaired) electrons. The zero-order valence-electron chi connectivity index (χ0n) is 20.5. The molecule has 1 fully saturated rings. The van der Waals surface area contributed by atoms with Crippen LogP contribution >= 0.6 is 0 Å². The Kier molecular flexibility index (Phi) is 8.91. The highest BCUT2D eigenvalue weighted by Crippen LogP contribution is 2.29. The molecule has 1 heterocycles. The van der Waals surface area contributed by atoms with Gasteiger partial charge >= 0.3 is 0 Å². The molecule has 0 aliphatic carbocycles. The maximum atomic E-state index is 13.7. The van der Waals surface area contributed by atoms with Crippen LogP contribution in [0, 0.1) is 24.6 Å². The summed E-state index contributed by atoms with van der Waals surface area (Å²) in [7, 11) is 1.56. The Balaban J connectivity index is 1.51. The summed E-state index contributed by atoms with van der Waals surface area (Å²) in [4.78, 5) is 27.4. The molecule has 1 saturated heterocycles. The summed E-state index contributed by atoms with van der Waals surface area (Å²) in [6, 6.07) is 10.2. The standard InChI is InChI=1S/C27H35FN2O4/c1-18(2)11-14-34-24-8-7-22(16-25(24)33-4)27(32)30-12-9-21(10-13-30)26(31)29-17-20-6-5-19(3)23(28)15-20/h5-8,15-16,18,21H,9-14,17H2,1-4H3,(H,29,31). The molecule has 0 spiro atoms. The van der Waals surface area contributed by atoms with E-state index in [-0.39, 0.29) is 23.5 Å². The Morgan fingerprint density at radius 3 is 2.50 bits per heavy atom. The fraction of sp³-hybridized carbons (Fsp3) is 0.481. The number of likely N-dealkylation sites (tertiary alicyclic amines) is 1. The number of carbonyl (C=O) groups excluding carboxylic acids is 2. The van der Waals surface area contributed by atoms with Gasteiger partial charge in [0.1, 0.15) is 5.82 Å². The fourth-order valence-corrected chi connectivity index (χ4v) is 3.93. The smallest absolute Gasteiger partial charge is 0.253 e. The molecule has 2 aromatic rings. The number of halogens is 1. The van der Waals surface area contributed by atoms with Crippen molar-refractivity contribution in [2.45, 2.75) is 46.6 Å². The maximum absolute atomic E-state index is 13.7. The van der Waals surface area contributed by atoms with E-state index in [1.165, 1.54) is 6.07 Å². The molecule has 2 amide bonds. The van der Waals surface area contributed by atoms with Crippen LogP contribution < -0.4 is 14.8 Å². The van der Waals surface area contributed by atoms with Crippen molar-refractivity contribution >= 4 is 11.8 Å². The second-order valence-electron chi connectivity index (χ2n) is 9.26. The topological polar surface area (TPSA) is 67.9 Å². The minimum absolute atomic E-state index is 0.0577. The second-order valence-corrected chi connectivity index (χ2v) is 9.26. The zero-order valence-corrected chi connectivity index (χ0v) is 20.5. The van der Waals surface area contributed by atoms with Crippen LogP contribution in [0.15, 0.2) is 36.4 Å². The largest absolute Gasteiger partial charge is 0.493 e. The van der Waals surface area contributed by atoms with Crippen LogP contribution in [0.25, 0.3) is 0 Å². The van der Waals surface area contributed by atoms with Crippen LogP contribution in [0.5, 0.6) is 11.5 Å². The Morgan fingerprint density at radius 2 is 1.85 bits per heavy atom. The van der Waals surface area contributed by atoms with Gasteiger partial charge in [0, 0.05) is 31.1 Å². The molecular weight excluding hydrogens is 435 g/mol. The van der Waals surface area contributed by atoms with E-state index >= 15 is 0 Å². The molecule has 1 N–H and O–H groups in total. The molecule has 2 aromatic carbocycles. The zero-order chi connectivity index (χ0) is 24.7. The Hall–Kier alpha value is -3.09. The van der Waals surface area contributed by atoms with E-state index in [0.29, 0.717) is 67.6 Å². The average Bonchev–Trinajstić information content (AvgIpc) is 2.84. The first-order valence-corrected chi connectivity index (χ1v) is 11.9. The van der Waals surface area contributed by atoms with Crippen LogP contribution in [0.4, 0.5) is 4.39 Å². The third kappa shape index (κ3) is 6.72. The SMILES string of the molecule is COc1cc(C(=O)N2CCC(C(=O)NCc3ccc(C)c(F)c3)CC2)ccc1OCCC(C)C. The molecule has 34 heavy (non-hydrogen) atoms. The van der Waals surface area contributed by atoms with Gasteiger partial charge in [-0.15, -0.1) is 0 Å². The lowest BCUT2D eigenvalue weighted by molar-refractivity contribution is -0.126. The molecule has 0 unspecified atom stereocenters. The van der Waals surface area contributed by atoms with Gasteiger partial charge in [0.2, 0.25) is 5.91 Å². The van der Waals surface area contributed by atoms with Crippen LogP contribution in [0.2, 0.25) is 0 Å². The lowest BCUT2D eigenvalue weighted by atomic mass is 9.95. The lowest BCUT2D eigenvalue weighted by Crippen LogP contribution is -2.42. The van der Waals surface area contributed by atoms with E-state index in [9.17, 15) is 14.0 Å². The number of piperidine rings is 1. The summed E-state index contributed by atoms with van der Waals surface area (Å²) in [6.07, 6.45) is 2.12. The molecule has 0 bridgehead atoms. The van der Waals surface area contributed by atoms with Gasteiger partial charge in [-0.25, -0.2) is 4.39 Å². The summed E-state index contributed by atoms with van der Waals surface area (Å²) in [5.74, 6) is 1.14. The first-order valence-electron chi connectivity index (χ1n) is 11.9. The summed E-state index contributed by atoms with van der Waals surface area (Å²) in [6.45, 7) is 7.88. The maximum Gasteiger partial charge on any atom is 0.253 e. The number of carbonyl (C=O) groups is 2. The monoisotopic (exact) mass is 470 g/mol. The normalized spacial score (nSPS) is 14.2. The predicted molar refractivity (Wildman–Crippen MR) is 130 cm³/mol. The molecule has 184 valence electrons. The highest BCUT2D eigenvalue weighted by molar-refractivity contribution is 5.95. The van der Waals surface area contributed by atoms with Crippen molar-refractivity contribution in [3.05, 3.63) is 58.9 Å². The van der Waals surface area contributed by atoms with Crippen LogP contribution in [-0.4, -0.2) is 43.5 Å². The third-order valence-corrected chi connectivity index (χ3v) is 6.22. The lowest BCUT2D eigenvalue weighted by Gasteiger charge is -2.31. The van der Waals surface area contributed by atoms with Gasteiger partial charge in [0.25, 0.3) is 5.91 Å². The van der Waals surface area contributed by atoms with Crippen LogP contribution in [-0.2, 0) is 11.3 Å². The summed E-state index contributed by atoms with van der Waals surface area (Å²) in [5.41, 5.74) is 1.85. The Bertz CT molecular complexity index is 1000. The van der Waals surface area contributed by atoms with E-state index in [4.69, 9.17) is 9.47 Å². The molecule has 1 aliphatic heterocycles. The van der Waals surface area contributed by atoms with E-state index in [1.54, 1.807) is 43.2 Å². The van der Waals surface area contributed by atoms with Gasteiger partial charge in [-0.1, -0.05) is 26.0 Å². The van der Waals surface area contributed by atoms with Crippen molar-refractivity contribution in [2.75, 3.05) is 26.8 Å². The third-order valence-electron chi connectivity index (χ3n) is 6.22.